The number of hydrogen-bond acceptors (Lipinski definition) is 6. The first-order valence-corrected chi connectivity index (χ1v) is 10.4. The quantitative estimate of drug-likeness (QED) is 0.524. The Morgan fingerprint density at radius 2 is 2.03 bits per heavy atom. The molecule has 0 bridgehead atoms. The minimum atomic E-state index is 0.0830. The van der Waals surface area contributed by atoms with Crippen molar-refractivity contribution in [3.05, 3.63) is 58.9 Å². The Morgan fingerprint density at radius 3 is 2.86 bits per heavy atom. The summed E-state index contributed by atoms with van der Waals surface area (Å²) >= 11 is 1.57. The van der Waals surface area contributed by atoms with E-state index in [1.165, 1.54) is 0 Å². The van der Waals surface area contributed by atoms with Gasteiger partial charge in [-0.05, 0) is 31.4 Å². The number of carbonyl (C=O) groups excluding carboxylic acids is 1. The number of benzene rings is 1. The summed E-state index contributed by atoms with van der Waals surface area (Å²) in [5.41, 5.74) is 2.80. The molecule has 146 valence electrons. The SMILES string of the molecule is Cc1cn2c(n1)CN(C(=O)Cc1cc3cc(-c4nnc(C)s4)ccc3cn1)CC2. The van der Waals surface area contributed by atoms with E-state index in [9.17, 15) is 4.79 Å². The zero-order valence-corrected chi connectivity index (χ0v) is 17.1. The predicted octanol–water partition coefficient (Wildman–Crippen LogP) is 3.15. The first-order chi connectivity index (χ1) is 14.0. The summed E-state index contributed by atoms with van der Waals surface area (Å²) < 4.78 is 2.13. The minimum absolute atomic E-state index is 0.0830. The molecule has 4 heterocycles. The van der Waals surface area contributed by atoms with E-state index < -0.39 is 0 Å². The highest BCUT2D eigenvalue weighted by atomic mass is 32.1. The minimum Gasteiger partial charge on any atom is -0.333 e. The Hall–Kier alpha value is -3.13. The van der Waals surface area contributed by atoms with Gasteiger partial charge in [-0.15, -0.1) is 10.2 Å². The number of amides is 1. The van der Waals surface area contributed by atoms with E-state index in [0.717, 1.165) is 50.1 Å². The number of aromatic nitrogens is 5. The van der Waals surface area contributed by atoms with Gasteiger partial charge in [0.15, 0.2) is 0 Å². The van der Waals surface area contributed by atoms with Crippen LogP contribution in [0.2, 0.25) is 0 Å². The fourth-order valence-electron chi connectivity index (χ4n) is 3.70. The van der Waals surface area contributed by atoms with Crippen LogP contribution in [0.1, 0.15) is 22.2 Å². The van der Waals surface area contributed by atoms with Gasteiger partial charge in [0.05, 0.1) is 24.4 Å². The van der Waals surface area contributed by atoms with Crippen LogP contribution in [0.15, 0.2) is 36.7 Å². The van der Waals surface area contributed by atoms with E-state index in [-0.39, 0.29) is 12.3 Å². The van der Waals surface area contributed by atoms with Gasteiger partial charge in [-0.3, -0.25) is 9.78 Å². The molecule has 0 saturated heterocycles. The molecule has 1 aliphatic heterocycles. The van der Waals surface area contributed by atoms with Gasteiger partial charge in [-0.25, -0.2) is 4.98 Å². The second-order valence-corrected chi connectivity index (χ2v) is 8.53. The van der Waals surface area contributed by atoms with Crippen molar-refractivity contribution in [1.29, 1.82) is 0 Å². The van der Waals surface area contributed by atoms with Crippen molar-refractivity contribution < 1.29 is 4.79 Å². The predicted molar refractivity (Wildman–Crippen MR) is 111 cm³/mol. The normalized spacial score (nSPS) is 13.7. The maximum Gasteiger partial charge on any atom is 0.229 e. The highest BCUT2D eigenvalue weighted by molar-refractivity contribution is 7.14. The first kappa shape index (κ1) is 17.9. The Bertz CT molecular complexity index is 1230. The molecule has 0 N–H and O–H groups in total. The molecule has 8 heteroatoms. The van der Waals surface area contributed by atoms with Gasteiger partial charge in [-0.1, -0.05) is 23.5 Å². The van der Waals surface area contributed by atoms with Crippen LogP contribution in [-0.2, 0) is 24.3 Å². The van der Waals surface area contributed by atoms with Gasteiger partial charge in [0.25, 0.3) is 0 Å². The number of hydrogen-bond donors (Lipinski definition) is 0. The maximum atomic E-state index is 12.8. The van der Waals surface area contributed by atoms with Gasteiger partial charge in [0, 0.05) is 36.4 Å². The number of imidazole rings is 1. The Morgan fingerprint density at radius 1 is 1.14 bits per heavy atom. The van der Waals surface area contributed by atoms with Crippen LogP contribution in [0.4, 0.5) is 0 Å². The van der Waals surface area contributed by atoms with Crippen LogP contribution in [0.25, 0.3) is 21.3 Å². The second kappa shape index (κ2) is 7.04. The number of carbonyl (C=O) groups is 1. The lowest BCUT2D eigenvalue weighted by molar-refractivity contribution is -0.132. The summed E-state index contributed by atoms with van der Waals surface area (Å²) in [4.78, 5) is 23.7. The third-order valence-electron chi connectivity index (χ3n) is 5.16. The monoisotopic (exact) mass is 404 g/mol. The maximum absolute atomic E-state index is 12.8. The second-order valence-electron chi connectivity index (χ2n) is 7.35. The molecule has 0 atom stereocenters. The fourth-order valence-corrected chi connectivity index (χ4v) is 4.39. The lowest BCUT2D eigenvalue weighted by Gasteiger charge is -2.27. The lowest BCUT2D eigenvalue weighted by atomic mass is 10.1. The molecule has 0 radical (unpaired) electrons. The molecule has 5 rings (SSSR count). The van der Waals surface area contributed by atoms with Crippen LogP contribution < -0.4 is 0 Å². The third kappa shape index (κ3) is 3.51. The topological polar surface area (TPSA) is 76.8 Å². The molecule has 1 aromatic carbocycles. The van der Waals surface area contributed by atoms with E-state index in [0.29, 0.717) is 13.1 Å². The zero-order chi connectivity index (χ0) is 20.0. The molecule has 0 aliphatic carbocycles. The molecule has 4 aromatic rings. The smallest absolute Gasteiger partial charge is 0.229 e. The molecule has 29 heavy (non-hydrogen) atoms. The van der Waals surface area contributed by atoms with E-state index in [2.05, 4.69) is 30.8 Å². The third-order valence-corrected chi connectivity index (χ3v) is 6.05. The molecule has 0 spiro atoms. The molecule has 1 aliphatic rings. The average Bonchev–Trinajstić information content (AvgIpc) is 3.31. The number of aryl methyl sites for hydroxylation is 2. The van der Waals surface area contributed by atoms with Gasteiger partial charge in [0.2, 0.25) is 5.91 Å². The van der Waals surface area contributed by atoms with Crippen molar-refractivity contribution in [2.24, 2.45) is 0 Å². The van der Waals surface area contributed by atoms with Crippen molar-refractivity contribution in [3.63, 3.8) is 0 Å². The summed E-state index contributed by atoms with van der Waals surface area (Å²) in [7, 11) is 0. The highest BCUT2D eigenvalue weighted by Gasteiger charge is 2.22. The molecule has 0 fully saturated rings. The van der Waals surface area contributed by atoms with Crippen molar-refractivity contribution in [2.45, 2.75) is 33.4 Å². The van der Waals surface area contributed by atoms with Crippen LogP contribution in [0, 0.1) is 13.8 Å². The molecule has 0 unspecified atom stereocenters. The van der Waals surface area contributed by atoms with E-state index in [1.807, 2.05) is 49.3 Å². The number of nitrogens with zero attached hydrogens (tertiary/aromatic N) is 6. The van der Waals surface area contributed by atoms with Crippen LogP contribution >= 0.6 is 11.3 Å². The average molecular weight is 404 g/mol. The van der Waals surface area contributed by atoms with Gasteiger partial charge in [0.1, 0.15) is 15.8 Å². The summed E-state index contributed by atoms with van der Waals surface area (Å²) in [5, 5.41) is 12.3. The van der Waals surface area contributed by atoms with Gasteiger partial charge < -0.3 is 9.47 Å². The van der Waals surface area contributed by atoms with Crippen LogP contribution in [0.5, 0.6) is 0 Å². The largest absolute Gasteiger partial charge is 0.333 e. The Labute approximate surface area is 172 Å². The molecular formula is C21H20N6OS. The standard InChI is InChI=1S/C21H20N6OS/c1-13-11-26-5-6-27(12-19(26)23-13)20(28)9-18-8-17-7-15(3-4-16(17)10-22-18)21-25-24-14(2)29-21/h3-4,7-8,10-11H,5-6,9,12H2,1-2H3. The number of pyridine rings is 1. The van der Waals surface area contributed by atoms with Gasteiger partial charge in [-0.2, -0.15) is 0 Å². The first-order valence-electron chi connectivity index (χ1n) is 9.55. The van der Waals surface area contributed by atoms with Crippen molar-refractivity contribution in [1.82, 2.24) is 29.6 Å². The van der Waals surface area contributed by atoms with Gasteiger partial charge >= 0.3 is 0 Å². The number of rotatable bonds is 3. The number of fused-ring (bicyclic) bond motifs is 2. The molecule has 3 aromatic heterocycles. The van der Waals surface area contributed by atoms with E-state index >= 15 is 0 Å². The summed E-state index contributed by atoms with van der Waals surface area (Å²) in [6.45, 7) is 5.98. The summed E-state index contributed by atoms with van der Waals surface area (Å²) in [6, 6.07) is 8.16. The van der Waals surface area contributed by atoms with E-state index in [1.54, 1.807) is 11.3 Å². The fraction of sp³-hybridized carbons (Fsp3) is 0.286. The zero-order valence-electron chi connectivity index (χ0n) is 16.3. The molecule has 1 amide bonds. The van der Waals surface area contributed by atoms with Crippen molar-refractivity contribution >= 4 is 28.0 Å². The lowest BCUT2D eigenvalue weighted by Crippen LogP contribution is -2.39. The summed E-state index contributed by atoms with van der Waals surface area (Å²) in [6.07, 6.45) is 4.16. The van der Waals surface area contributed by atoms with Crippen LogP contribution in [-0.4, -0.2) is 42.1 Å². The van der Waals surface area contributed by atoms with Crippen molar-refractivity contribution in [3.8, 4) is 10.6 Å². The highest BCUT2D eigenvalue weighted by Crippen LogP contribution is 2.27. The summed E-state index contributed by atoms with van der Waals surface area (Å²) in [5.74, 6) is 1.03. The Kier molecular flexibility index (Phi) is 4.35. The molecule has 7 nitrogen and oxygen atoms in total. The Balaban J connectivity index is 1.36. The molecular weight excluding hydrogens is 384 g/mol. The molecule has 0 saturated carbocycles. The van der Waals surface area contributed by atoms with Crippen LogP contribution in [0.3, 0.4) is 0 Å². The van der Waals surface area contributed by atoms with E-state index in [4.69, 9.17) is 0 Å². The van der Waals surface area contributed by atoms with Crippen molar-refractivity contribution in [2.75, 3.05) is 6.54 Å².